The topological polar surface area (TPSA) is 108 Å². The Hall–Kier alpha value is -2.89. The molecule has 0 aliphatic carbocycles. The van der Waals surface area contributed by atoms with Crippen molar-refractivity contribution in [3.8, 4) is 5.75 Å². The van der Waals surface area contributed by atoms with Crippen molar-refractivity contribution < 1.29 is 23.2 Å². The average Bonchev–Trinajstić information content (AvgIpc) is 3.52. The smallest absolute Gasteiger partial charge is 0.273 e. The van der Waals surface area contributed by atoms with E-state index in [1.54, 1.807) is 41.8 Å². The molecule has 0 aliphatic rings. The molecule has 2 N–H and O–H groups in total. The average molecular weight is 494 g/mol. The second kappa shape index (κ2) is 11.1. The van der Waals surface area contributed by atoms with E-state index in [1.165, 1.54) is 22.7 Å². The van der Waals surface area contributed by atoms with Crippen LogP contribution in [0.25, 0.3) is 0 Å². The monoisotopic (exact) mass is 493 g/mol. The number of amides is 1. The maximum absolute atomic E-state index is 12.6. The Morgan fingerprint density at radius 1 is 1.12 bits per heavy atom. The first kappa shape index (κ1) is 23.8. The molecular formula is C21H23N3O5S3. The Labute approximate surface area is 194 Å². The van der Waals surface area contributed by atoms with Crippen LogP contribution in [-0.2, 0) is 14.8 Å². The van der Waals surface area contributed by atoms with Crippen molar-refractivity contribution in [2.24, 2.45) is 5.16 Å². The number of nitrogens with zero attached hydrogens (tertiary/aromatic N) is 2. The van der Waals surface area contributed by atoms with Gasteiger partial charge in [0.15, 0.2) is 6.61 Å². The van der Waals surface area contributed by atoms with Crippen molar-refractivity contribution in [3.05, 3.63) is 64.2 Å². The molecule has 11 heteroatoms. The van der Waals surface area contributed by atoms with Gasteiger partial charge in [-0.1, -0.05) is 17.3 Å². The number of carbonyl (C=O) groups excluding carboxylic acids is 1. The van der Waals surface area contributed by atoms with Crippen molar-refractivity contribution in [2.75, 3.05) is 24.5 Å². The largest absolute Gasteiger partial charge is 0.484 e. The predicted molar refractivity (Wildman–Crippen MR) is 127 cm³/mol. The Balaban J connectivity index is 1.42. The number of carbonyl (C=O) groups is 1. The van der Waals surface area contributed by atoms with Gasteiger partial charge in [-0.05, 0) is 60.0 Å². The molecule has 0 atom stereocenters. The van der Waals surface area contributed by atoms with E-state index >= 15 is 0 Å². The molecule has 170 valence electrons. The van der Waals surface area contributed by atoms with E-state index in [2.05, 4.69) is 10.5 Å². The molecule has 2 aromatic heterocycles. The minimum atomic E-state index is -3.60. The summed E-state index contributed by atoms with van der Waals surface area (Å²) >= 11 is 2.65. The van der Waals surface area contributed by atoms with Crippen LogP contribution in [-0.4, -0.2) is 45.4 Å². The summed E-state index contributed by atoms with van der Waals surface area (Å²) in [5.74, 6) is 0.184. The molecule has 0 radical (unpaired) electrons. The first-order valence-electron chi connectivity index (χ1n) is 9.68. The lowest BCUT2D eigenvalue weighted by Gasteiger charge is -2.18. The molecule has 0 spiro atoms. The summed E-state index contributed by atoms with van der Waals surface area (Å²) in [7, 11) is -2.11. The molecule has 0 saturated carbocycles. The highest BCUT2D eigenvalue weighted by molar-refractivity contribution is 7.94. The highest BCUT2D eigenvalue weighted by Gasteiger charge is 2.22. The van der Waals surface area contributed by atoms with Crippen LogP contribution in [0.1, 0.15) is 17.7 Å². The van der Waals surface area contributed by atoms with Gasteiger partial charge < -0.3 is 15.3 Å². The number of oxime groups is 1. The zero-order valence-corrected chi connectivity index (χ0v) is 19.8. The number of benzene rings is 1. The van der Waals surface area contributed by atoms with Crippen molar-refractivity contribution in [2.45, 2.75) is 17.1 Å². The molecule has 0 fully saturated rings. The molecule has 32 heavy (non-hydrogen) atoms. The number of rotatable bonds is 11. The van der Waals surface area contributed by atoms with Crippen molar-refractivity contribution in [3.63, 3.8) is 0 Å². The van der Waals surface area contributed by atoms with Crippen molar-refractivity contribution in [1.29, 1.82) is 0 Å². The molecule has 0 unspecified atom stereocenters. The zero-order chi connectivity index (χ0) is 23.0. The van der Waals surface area contributed by atoms with Crippen LogP contribution in [0.5, 0.6) is 5.75 Å². The van der Waals surface area contributed by atoms with E-state index in [-0.39, 0.29) is 16.7 Å². The summed E-state index contributed by atoms with van der Waals surface area (Å²) in [6.07, 6.45) is 1.17. The minimum absolute atomic E-state index is 0.158. The normalized spacial score (nSPS) is 11.8. The highest BCUT2D eigenvalue weighted by Crippen LogP contribution is 2.26. The van der Waals surface area contributed by atoms with Crippen LogP contribution in [0, 0.1) is 0 Å². The Kier molecular flexibility index (Phi) is 8.26. The van der Waals surface area contributed by atoms with Gasteiger partial charge in [-0.2, -0.15) is 0 Å². The maximum Gasteiger partial charge on any atom is 0.273 e. The molecular weight excluding hydrogens is 470 g/mol. The lowest BCUT2D eigenvalue weighted by molar-refractivity contribution is -0.123. The summed E-state index contributed by atoms with van der Waals surface area (Å²) in [5, 5.41) is 18.8. The van der Waals surface area contributed by atoms with E-state index in [0.29, 0.717) is 36.5 Å². The van der Waals surface area contributed by atoms with Gasteiger partial charge in [0.2, 0.25) is 0 Å². The van der Waals surface area contributed by atoms with Gasteiger partial charge in [-0.25, -0.2) is 8.42 Å². The lowest BCUT2D eigenvalue weighted by atomic mass is 10.2. The van der Waals surface area contributed by atoms with Crippen LogP contribution in [0.2, 0.25) is 0 Å². The number of nitrogens with one attached hydrogen (secondary N) is 1. The second-order valence-corrected chi connectivity index (χ2v) is 10.8. The number of sulfonamides is 1. The quantitative estimate of drug-likeness (QED) is 0.183. The molecule has 3 rings (SSSR count). The molecule has 2 heterocycles. The van der Waals surface area contributed by atoms with E-state index in [0.717, 1.165) is 16.2 Å². The SMILES string of the molecule is CN(c1ccc(OCC(=O)NCCC/C(=N/O)c2cccs2)cc1)S(=O)(=O)c1cccs1. The van der Waals surface area contributed by atoms with E-state index in [4.69, 9.17) is 9.94 Å². The third-order valence-electron chi connectivity index (χ3n) is 4.52. The number of thiophene rings is 2. The number of ether oxygens (including phenoxy) is 1. The summed E-state index contributed by atoms with van der Waals surface area (Å²) in [6.45, 7) is 0.269. The van der Waals surface area contributed by atoms with Crippen LogP contribution < -0.4 is 14.4 Å². The van der Waals surface area contributed by atoms with Gasteiger partial charge >= 0.3 is 0 Å². The predicted octanol–water partition coefficient (Wildman–Crippen LogP) is 3.79. The molecule has 0 aliphatic heterocycles. The minimum Gasteiger partial charge on any atom is -0.484 e. The van der Waals surface area contributed by atoms with Crippen molar-refractivity contribution in [1.82, 2.24) is 5.32 Å². The van der Waals surface area contributed by atoms with Gasteiger partial charge in [0, 0.05) is 13.6 Å². The van der Waals surface area contributed by atoms with Crippen LogP contribution >= 0.6 is 22.7 Å². The standard InChI is InChI=1S/C21H23N3O5S3/c1-24(32(27,28)21-7-4-14-31-21)16-8-10-17(11-9-16)29-15-20(25)22-12-2-5-18(23-26)19-6-3-13-30-19/h3-4,6-11,13-14,26H,2,5,12,15H2,1H3,(H,22,25)/b23-18-. The fourth-order valence-electron chi connectivity index (χ4n) is 2.79. The third kappa shape index (κ3) is 6.09. The molecule has 1 amide bonds. The Morgan fingerprint density at radius 2 is 1.84 bits per heavy atom. The number of anilines is 1. The molecule has 0 bridgehead atoms. The molecule has 0 saturated heterocycles. The van der Waals surface area contributed by atoms with Gasteiger partial charge in [0.1, 0.15) is 9.96 Å². The van der Waals surface area contributed by atoms with Gasteiger partial charge in [-0.15, -0.1) is 22.7 Å². The van der Waals surface area contributed by atoms with Crippen LogP contribution in [0.3, 0.4) is 0 Å². The maximum atomic E-state index is 12.6. The molecule has 8 nitrogen and oxygen atoms in total. The first-order valence-corrected chi connectivity index (χ1v) is 12.9. The summed E-state index contributed by atoms with van der Waals surface area (Å²) in [5.41, 5.74) is 1.08. The lowest BCUT2D eigenvalue weighted by Crippen LogP contribution is -2.30. The highest BCUT2D eigenvalue weighted by atomic mass is 32.2. The van der Waals surface area contributed by atoms with Gasteiger partial charge in [0.05, 0.1) is 16.3 Å². The Bertz CT molecular complexity index is 1130. The Morgan fingerprint density at radius 3 is 2.47 bits per heavy atom. The van der Waals surface area contributed by atoms with Gasteiger partial charge in [-0.3, -0.25) is 9.10 Å². The van der Waals surface area contributed by atoms with E-state index < -0.39 is 10.0 Å². The summed E-state index contributed by atoms with van der Waals surface area (Å²) < 4.78 is 32.1. The first-order chi connectivity index (χ1) is 15.4. The molecule has 3 aromatic rings. The summed E-state index contributed by atoms with van der Waals surface area (Å²) in [4.78, 5) is 12.9. The molecule has 1 aromatic carbocycles. The van der Waals surface area contributed by atoms with Crippen molar-refractivity contribution >= 4 is 50.0 Å². The van der Waals surface area contributed by atoms with Gasteiger partial charge in [0.25, 0.3) is 15.9 Å². The van der Waals surface area contributed by atoms with E-state index in [1.807, 2.05) is 17.5 Å². The summed E-state index contributed by atoms with van der Waals surface area (Å²) in [6, 6.07) is 13.5. The van der Waals surface area contributed by atoms with E-state index in [9.17, 15) is 13.2 Å². The third-order valence-corrected chi connectivity index (χ3v) is 8.60. The number of hydrogen-bond donors (Lipinski definition) is 2. The fraction of sp³-hybridized carbons (Fsp3) is 0.238. The fourth-order valence-corrected chi connectivity index (χ4v) is 5.88. The van der Waals surface area contributed by atoms with Crippen LogP contribution in [0.4, 0.5) is 5.69 Å². The number of hydrogen-bond acceptors (Lipinski definition) is 8. The second-order valence-electron chi connectivity index (χ2n) is 6.66. The van der Waals surface area contributed by atoms with Crippen LogP contribution in [0.15, 0.2) is 68.7 Å². The zero-order valence-electron chi connectivity index (χ0n) is 17.3.